The van der Waals surface area contributed by atoms with E-state index in [0.717, 1.165) is 4.47 Å². The summed E-state index contributed by atoms with van der Waals surface area (Å²) < 4.78 is 2.00. The average molecular weight is 399 g/mol. The number of carbonyl (C=O) groups excluding carboxylic acids is 1. The molecule has 0 saturated heterocycles. The molecule has 0 amide bonds. The van der Waals surface area contributed by atoms with E-state index in [2.05, 4.69) is 52.7 Å². The molecule has 0 fully saturated rings. The summed E-state index contributed by atoms with van der Waals surface area (Å²) in [6.07, 6.45) is -0.508. The number of nitrogens with zero attached hydrogens (tertiary/aromatic N) is 3. The van der Waals surface area contributed by atoms with Gasteiger partial charge in [0.1, 0.15) is 5.69 Å². The molecule has 0 spiro atoms. The molecule has 2 rings (SSSR count). The fourth-order valence-electron chi connectivity index (χ4n) is 1.55. The number of hydrogen-bond donors (Lipinski definition) is 2. The summed E-state index contributed by atoms with van der Waals surface area (Å²) >= 11 is 3.26. The van der Waals surface area contributed by atoms with Gasteiger partial charge in [-0.05, 0) is 45.0 Å². The third-order valence-corrected chi connectivity index (χ3v) is 2.88. The minimum Gasteiger partial charge on any atom is -0.543 e. The number of quaternary nitrogens is 1. The molecule has 0 saturated carbocycles. The van der Waals surface area contributed by atoms with Crippen molar-refractivity contribution in [2.75, 3.05) is 0 Å². The predicted octanol–water partition coefficient (Wildman–Crippen LogP) is 0.0472. The van der Waals surface area contributed by atoms with Gasteiger partial charge < -0.3 is 20.7 Å². The van der Waals surface area contributed by atoms with Crippen LogP contribution in [0.15, 0.2) is 28.7 Å². The number of benzene rings is 1. The van der Waals surface area contributed by atoms with Gasteiger partial charge in [0.25, 0.3) is 0 Å². The van der Waals surface area contributed by atoms with E-state index < -0.39 is 24.1 Å². The van der Waals surface area contributed by atoms with Crippen LogP contribution in [0.3, 0.4) is 0 Å². The summed E-state index contributed by atoms with van der Waals surface area (Å²) in [7, 11) is 0. The van der Waals surface area contributed by atoms with Gasteiger partial charge in [-0.25, -0.2) is 4.68 Å². The highest BCUT2D eigenvalue weighted by atomic mass is 79.9. The van der Waals surface area contributed by atoms with Crippen LogP contribution in [-0.2, 0) is 11.2 Å². The van der Waals surface area contributed by atoms with Crippen molar-refractivity contribution in [3.63, 3.8) is 0 Å². The molecule has 9 heteroatoms. The van der Waals surface area contributed by atoms with Gasteiger partial charge in [-0.2, -0.15) is 0 Å². The van der Waals surface area contributed by atoms with Gasteiger partial charge in [-0.1, -0.05) is 21.1 Å². The van der Waals surface area contributed by atoms with E-state index in [4.69, 9.17) is 5.11 Å². The number of rotatable bonds is 4. The Morgan fingerprint density at radius 3 is 2.21 bits per heavy atom. The minimum atomic E-state index is -1.56. The lowest BCUT2D eigenvalue weighted by Crippen LogP contribution is -2.67. The molecule has 24 heavy (non-hydrogen) atoms. The second-order valence-electron chi connectivity index (χ2n) is 6.19. The Morgan fingerprint density at radius 1 is 1.29 bits per heavy atom. The topological polar surface area (TPSA) is 136 Å². The predicted molar refractivity (Wildman–Crippen MR) is 87.4 cm³/mol. The number of carbonyl (C=O) groups is 2. The normalized spacial score (nSPS) is 10.7. The lowest BCUT2D eigenvalue weighted by Gasteiger charge is -2.06. The van der Waals surface area contributed by atoms with E-state index in [0.29, 0.717) is 5.69 Å². The highest BCUT2D eigenvalue weighted by Gasteiger charge is 2.17. The molecule has 4 N–H and O–H groups in total. The molecule has 0 atom stereocenters. The lowest BCUT2D eigenvalue weighted by atomic mass is 10.1. The molecule has 8 nitrogen and oxygen atoms in total. The molecular formula is C15H19BrN4O4. The molecule has 1 aromatic heterocycles. The number of aromatic nitrogens is 3. The molecule has 0 aliphatic heterocycles. The van der Waals surface area contributed by atoms with Crippen LogP contribution in [0, 0.1) is 0 Å². The zero-order valence-electron chi connectivity index (χ0n) is 13.6. The first kappa shape index (κ1) is 19.8. The van der Waals surface area contributed by atoms with Crippen molar-refractivity contribution in [3.05, 3.63) is 40.1 Å². The minimum absolute atomic E-state index is 0.0326. The summed E-state index contributed by atoms with van der Waals surface area (Å²) in [6, 6.07) is 6.76. The van der Waals surface area contributed by atoms with Crippen LogP contribution in [0.4, 0.5) is 0 Å². The van der Waals surface area contributed by atoms with Crippen LogP contribution >= 0.6 is 15.9 Å². The smallest absolute Gasteiger partial charge is 0.309 e. The number of hydrogen-bond acceptors (Lipinski definition) is 5. The second-order valence-corrected chi connectivity index (χ2v) is 7.11. The Morgan fingerprint density at radius 2 is 1.79 bits per heavy atom. The van der Waals surface area contributed by atoms with Crippen LogP contribution < -0.4 is 10.8 Å². The molecule has 1 heterocycles. The maximum absolute atomic E-state index is 10.9. The third kappa shape index (κ3) is 6.47. The Kier molecular flexibility index (Phi) is 6.61. The summed E-state index contributed by atoms with van der Waals surface area (Å²) in [5.74, 6) is -2.73. The highest BCUT2D eigenvalue weighted by molar-refractivity contribution is 9.10. The molecule has 2 aromatic rings. The van der Waals surface area contributed by atoms with Crippen molar-refractivity contribution in [2.45, 2.75) is 32.7 Å². The Labute approximate surface area is 147 Å². The van der Waals surface area contributed by atoms with Gasteiger partial charge in [-0.3, -0.25) is 4.79 Å². The van der Waals surface area contributed by atoms with Crippen LogP contribution in [0.1, 0.15) is 37.0 Å². The summed E-state index contributed by atoms with van der Waals surface area (Å²) in [4.78, 5) is 21.7. The fourth-order valence-corrected chi connectivity index (χ4v) is 1.82. The summed E-state index contributed by atoms with van der Waals surface area (Å²) in [5, 5.41) is 26.8. The van der Waals surface area contributed by atoms with Crippen LogP contribution in [0.25, 0.3) is 5.69 Å². The Bertz CT molecular complexity index is 714. The number of carboxylic acid groups (broad SMARTS) is 2. The quantitative estimate of drug-likeness (QED) is 0.746. The first-order valence-electron chi connectivity index (χ1n) is 6.98. The van der Waals surface area contributed by atoms with Crippen molar-refractivity contribution in [3.8, 4) is 5.69 Å². The molecule has 0 aliphatic carbocycles. The average Bonchev–Trinajstić information content (AvgIpc) is 2.80. The van der Waals surface area contributed by atoms with Crippen LogP contribution in [-0.4, -0.2) is 37.6 Å². The van der Waals surface area contributed by atoms with Crippen LogP contribution in [0.2, 0.25) is 0 Å². The van der Waals surface area contributed by atoms with Gasteiger partial charge in [0, 0.05) is 4.47 Å². The molecule has 1 aromatic carbocycles. The Balaban J connectivity index is 0.000000505. The fraction of sp³-hybridized carbons (Fsp3) is 0.333. The van der Waals surface area contributed by atoms with Gasteiger partial charge in [0.05, 0.1) is 29.3 Å². The van der Waals surface area contributed by atoms with E-state index >= 15 is 0 Å². The number of carboxylic acids is 2. The van der Waals surface area contributed by atoms with E-state index in [9.17, 15) is 14.7 Å². The lowest BCUT2D eigenvalue weighted by molar-refractivity contribution is -0.458. The molecule has 130 valence electrons. The zero-order chi connectivity index (χ0) is 18.5. The second kappa shape index (κ2) is 8.02. The first-order chi connectivity index (χ1) is 11.0. The van der Waals surface area contributed by atoms with Crippen molar-refractivity contribution < 1.29 is 25.5 Å². The third-order valence-electron chi connectivity index (χ3n) is 2.35. The Hall–Kier alpha value is -2.26. The van der Waals surface area contributed by atoms with Crippen molar-refractivity contribution in [2.24, 2.45) is 0 Å². The van der Waals surface area contributed by atoms with Gasteiger partial charge in [0.15, 0.2) is 0 Å². The van der Waals surface area contributed by atoms with Crippen molar-refractivity contribution in [1.82, 2.24) is 15.0 Å². The van der Waals surface area contributed by atoms with Gasteiger partial charge in [-0.15, -0.1) is 5.10 Å². The standard InChI is InChI=1S/C11H8BrN3O4.C4H11N/c12-6-1-3-7(4-2-6)15-8(5-9(16)17)10(11(18)19)13-14-15;1-4(2,3)5/h1-4H,5H2,(H,16,17)(H,18,19);5H2,1-3H3. The van der Waals surface area contributed by atoms with Crippen molar-refractivity contribution in [1.29, 1.82) is 0 Å². The summed E-state index contributed by atoms with van der Waals surface area (Å²) in [6.45, 7) is 6.23. The molecule has 0 bridgehead atoms. The molecule has 0 unspecified atom stereocenters. The largest absolute Gasteiger partial charge is 0.543 e. The highest BCUT2D eigenvalue weighted by Crippen LogP contribution is 2.17. The van der Waals surface area contributed by atoms with Gasteiger partial charge >= 0.3 is 5.97 Å². The van der Waals surface area contributed by atoms with E-state index in [-0.39, 0.29) is 11.2 Å². The summed E-state index contributed by atoms with van der Waals surface area (Å²) in [5.41, 5.74) is 4.03. The number of aromatic carboxylic acids is 1. The first-order valence-corrected chi connectivity index (χ1v) is 7.77. The maximum Gasteiger partial charge on any atom is 0.309 e. The molecular weight excluding hydrogens is 380 g/mol. The maximum atomic E-state index is 10.9. The van der Waals surface area contributed by atoms with Crippen LogP contribution in [0.5, 0.6) is 0 Å². The van der Waals surface area contributed by atoms with E-state index in [1.54, 1.807) is 24.3 Å². The molecule has 0 radical (unpaired) electrons. The van der Waals surface area contributed by atoms with Crippen molar-refractivity contribution >= 4 is 27.9 Å². The SMILES string of the molecule is CC(C)(C)[NH3+].O=C(O)Cc1c(C(=O)[O-])nnn1-c1ccc(Br)cc1. The van der Waals surface area contributed by atoms with E-state index in [1.165, 1.54) is 4.68 Å². The number of halogens is 1. The van der Waals surface area contributed by atoms with E-state index in [1.807, 2.05) is 0 Å². The molecule has 0 aliphatic rings. The zero-order valence-corrected chi connectivity index (χ0v) is 15.2. The monoisotopic (exact) mass is 398 g/mol. The van der Waals surface area contributed by atoms with Gasteiger partial charge in [0.2, 0.25) is 0 Å². The number of aliphatic carboxylic acids is 1.